The van der Waals surface area contributed by atoms with Gasteiger partial charge in [0.25, 0.3) is 0 Å². The summed E-state index contributed by atoms with van der Waals surface area (Å²) in [7, 11) is 0. The zero-order chi connectivity index (χ0) is 10.8. The maximum Gasteiger partial charge on any atom is 0.174 e. The van der Waals surface area contributed by atoms with E-state index in [0.29, 0.717) is 0 Å². The summed E-state index contributed by atoms with van der Waals surface area (Å²) in [5, 5.41) is 0. The molecule has 2 aromatic rings. The topological polar surface area (TPSA) is 41.2 Å². The van der Waals surface area contributed by atoms with Gasteiger partial charge in [-0.15, -0.1) is 0 Å². The van der Waals surface area contributed by atoms with Gasteiger partial charge in [-0.1, -0.05) is 12.1 Å². The molecular formula is C12H14N3O. The Morgan fingerprint density at radius 1 is 1.38 bits per heavy atom. The number of nitrogens with one attached hydrogen (secondary N) is 1. The molecule has 2 heterocycles. The van der Waals surface area contributed by atoms with Crippen LogP contribution in [0.4, 0.5) is 0 Å². The molecule has 0 spiro atoms. The largest absolute Gasteiger partial charge is 0.379 e. The summed E-state index contributed by atoms with van der Waals surface area (Å²) in [5.74, 6) is 0. The first-order chi connectivity index (χ1) is 7.93. The molecule has 0 atom stereocenters. The standard InChI is InChI=1S/C12H14N3O/c1-2-10(8-15-4-6-16-7-5-15)12-11(3-1)13-9-14-12/h1-3H,4-8H2,(H,13,14). The first-order valence-electron chi connectivity index (χ1n) is 5.57. The molecule has 4 heteroatoms. The van der Waals surface area contributed by atoms with Gasteiger partial charge in [0.15, 0.2) is 6.33 Å². The number of benzene rings is 1. The monoisotopic (exact) mass is 216 g/mol. The van der Waals surface area contributed by atoms with Crippen LogP contribution in [-0.2, 0) is 11.3 Å². The van der Waals surface area contributed by atoms with Crippen molar-refractivity contribution in [3.63, 3.8) is 0 Å². The second-order valence-electron chi connectivity index (χ2n) is 4.05. The molecule has 1 fully saturated rings. The third-order valence-electron chi connectivity index (χ3n) is 2.98. The van der Waals surface area contributed by atoms with Gasteiger partial charge in [0, 0.05) is 19.6 Å². The Morgan fingerprint density at radius 3 is 3.12 bits per heavy atom. The van der Waals surface area contributed by atoms with Crippen molar-refractivity contribution in [2.75, 3.05) is 26.3 Å². The zero-order valence-corrected chi connectivity index (χ0v) is 9.07. The molecule has 0 saturated carbocycles. The fraction of sp³-hybridized carbons (Fsp3) is 0.417. The molecule has 0 unspecified atom stereocenters. The maximum atomic E-state index is 5.34. The summed E-state index contributed by atoms with van der Waals surface area (Å²) in [6.45, 7) is 4.62. The number of para-hydroxylation sites is 1. The van der Waals surface area contributed by atoms with Crippen molar-refractivity contribution in [2.24, 2.45) is 0 Å². The Labute approximate surface area is 94.2 Å². The molecular weight excluding hydrogens is 202 g/mol. The van der Waals surface area contributed by atoms with E-state index in [9.17, 15) is 0 Å². The van der Waals surface area contributed by atoms with Crippen molar-refractivity contribution in [1.29, 1.82) is 0 Å². The molecule has 1 aromatic carbocycles. The van der Waals surface area contributed by atoms with Gasteiger partial charge in [-0.25, -0.2) is 4.98 Å². The number of nitrogens with zero attached hydrogens (tertiary/aromatic N) is 2. The van der Waals surface area contributed by atoms with Crippen LogP contribution in [-0.4, -0.2) is 41.2 Å². The normalized spacial score (nSPS) is 18.0. The Kier molecular flexibility index (Phi) is 2.60. The van der Waals surface area contributed by atoms with Gasteiger partial charge < -0.3 is 9.72 Å². The van der Waals surface area contributed by atoms with Crippen LogP contribution >= 0.6 is 0 Å². The molecule has 16 heavy (non-hydrogen) atoms. The number of aromatic amines is 1. The van der Waals surface area contributed by atoms with E-state index in [0.717, 1.165) is 43.9 Å². The van der Waals surface area contributed by atoms with Crippen LogP contribution in [0.5, 0.6) is 0 Å². The third-order valence-corrected chi connectivity index (χ3v) is 2.98. The smallest absolute Gasteiger partial charge is 0.174 e. The van der Waals surface area contributed by atoms with Crippen molar-refractivity contribution in [1.82, 2.24) is 14.9 Å². The molecule has 83 valence electrons. The maximum absolute atomic E-state index is 5.34. The summed E-state index contributed by atoms with van der Waals surface area (Å²) in [4.78, 5) is 9.66. The van der Waals surface area contributed by atoms with Crippen molar-refractivity contribution >= 4 is 11.0 Å². The first-order valence-corrected chi connectivity index (χ1v) is 5.57. The lowest BCUT2D eigenvalue weighted by atomic mass is 10.1. The van der Waals surface area contributed by atoms with Crippen molar-refractivity contribution in [2.45, 2.75) is 6.54 Å². The molecule has 1 aliphatic heterocycles. The van der Waals surface area contributed by atoms with Gasteiger partial charge in [0.2, 0.25) is 0 Å². The molecule has 4 nitrogen and oxygen atoms in total. The molecule has 1 saturated heterocycles. The van der Waals surface area contributed by atoms with E-state index < -0.39 is 0 Å². The van der Waals surface area contributed by atoms with Gasteiger partial charge in [0.05, 0.1) is 24.2 Å². The van der Waals surface area contributed by atoms with Crippen molar-refractivity contribution < 1.29 is 4.74 Å². The highest BCUT2D eigenvalue weighted by atomic mass is 16.5. The summed E-state index contributed by atoms with van der Waals surface area (Å²) >= 11 is 0. The second-order valence-corrected chi connectivity index (χ2v) is 4.05. The average molecular weight is 216 g/mol. The lowest BCUT2D eigenvalue weighted by Gasteiger charge is -2.26. The number of aromatic nitrogens is 2. The quantitative estimate of drug-likeness (QED) is 0.820. The molecule has 0 amide bonds. The first kappa shape index (κ1) is 9.81. The van der Waals surface area contributed by atoms with E-state index in [1.165, 1.54) is 5.56 Å². The highest BCUT2D eigenvalue weighted by molar-refractivity contribution is 5.77. The number of morpholine rings is 1. The SMILES string of the molecule is [c]1nc2c(CN3CCOCC3)cccc2[nH]1. The van der Waals surface area contributed by atoms with Crippen LogP contribution in [0.15, 0.2) is 18.2 Å². The number of hydrogen-bond acceptors (Lipinski definition) is 3. The van der Waals surface area contributed by atoms with Crippen LogP contribution in [0.3, 0.4) is 0 Å². The fourth-order valence-corrected chi connectivity index (χ4v) is 2.10. The number of imidazole rings is 1. The molecule has 0 bridgehead atoms. The Bertz CT molecular complexity index is 474. The van der Waals surface area contributed by atoms with Crippen molar-refractivity contribution in [3.8, 4) is 0 Å². The van der Waals surface area contributed by atoms with Crippen LogP contribution in [0.25, 0.3) is 11.0 Å². The predicted molar refractivity (Wildman–Crippen MR) is 61.0 cm³/mol. The predicted octanol–water partition coefficient (Wildman–Crippen LogP) is 1.20. The lowest BCUT2D eigenvalue weighted by molar-refractivity contribution is 0.0343. The Hall–Kier alpha value is -1.39. The van der Waals surface area contributed by atoms with E-state index in [-0.39, 0.29) is 0 Å². The molecule has 3 rings (SSSR count). The minimum atomic E-state index is 0.836. The lowest BCUT2D eigenvalue weighted by Crippen LogP contribution is -2.35. The van der Waals surface area contributed by atoms with E-state index in [4.69, 9.17) is 4.74 Å². The Balaban J connectivity index is 1.85. The number of H-pyrrole nitrogens is 1. The summed E-state index contributed by atoms with van der Waals surface area (Å²) in [6.07, 6.45) is 2.80. The van der Waals surface area contributed by atoms with Crippen LogP contribution in [0.1, 0.15) is 5.56 Å². The van der Waals surface area contributed by atoms with Gasteiger partial charge >= 0.3 is 0 Å². The highest BCUT2D eigenvalue weighted by Gasteiger charge is 2.12. The second kappa shape index (κ2) is 4.23. The molecule has 1 aliphatic rings. The number of hydrogen-bond donors (Lipinski definition) is 1. The summed E-state index contributed by atoms with van der Waals surface area (Å²) in [6, 6.07) is 6.22. The van der Waals surface area contributed by atoms with Gasteiger partial charge in [0.1, 0.15) is 0 Å². The zero-order valence-electron chi connectivity index (χ0n) is 9.07. The van der Waals surface area contributed by atoms with E-state index in [1.54, 1.807) is 0 Å². The van der Waals surface area contributed by atoms with Crippen LogP contribution < -0.4 is 0 Å². The number of rotatable bonds is 2. The van der Waals surface area contributed by atoms with E-state index >= 15 is 0 Å². The highest BCUT2D eigenvalue weighted by Crippen LogP contribution is 2.16. The third kappa shape index (κ3) is 1.81. The molecule has 1 radical (unpaired) electrons. The van der Waals surface area contributed by atoms with E-state index in [1.807, 2.05) is 6.07 Å². The minimum Gasteiger partial charge on any atom is -0.379 e. The van der Waals surface area contributed by atoms with Gasteiger partial charge in [-0.05, 0) is 11.6 Å². The van der Waals surface area contributed by atoms with Gasteiger partial charge in [-0.2, -0.15) is 0 Å². The van der Waals surface area contributed by atoms with E-state index in [2.05, 4.69) is 33.3 Å². The minimum absolute atomic E-state index is 0.836. The van der Waals surface area contributed by atoms with Crippen molar-refractivity contribution in [3.05, 3.63) is 30.1 Å². The Morgan fingerprint density at radius 2 is 2.25 bits per heavy atom. The average Bonchev–Trinajstić information content (AvgIpc) is 2.80. The van der Waals surface area contributed by atoms with Crippen LogP contribution in [0, 0.1) is 6.33 Å². The molecule has 0 aliphatic carbocycles. The fourth-order valence-electron chi connectivity index (χ4n) is 2.10. The summed E-state index contributed by atoms with van der Waals surface area (Å²) in [5.41, 5.74) is 3.36. The molecule has 1 N–H and O–H groups in total. The molecule has 1 aromatic heterocycles. The number of fused-ring (bicyclic) bond motifs is 1. The van der Waals surface area contributed by atoms with Crippen LogP contribution in [0.2, 0.25) is 0 Å². The number of ether oxygens (including phenoxy) is 1. The van der Waals surface area contributed by atoms with Gasteiger partial charge in [-0.3, -0.25) is 4.90 Å². The summed E-state index contributed by atoms with van der Waals surface area (Å²) < 4.78 is 5.34.